The smallest absolute Gasteiger partial charge is 0.223 e. The molecule has 1 aliphatic rings. The lowest BCUT2D eigenvalue weighted by Gasteiger charge is -2.23. The number of pyridine rings is 1. The summed E-state index contributed by atoms with van der Waals surface area (Å²) in [7, 11) is 1.65. The van der Waals surface area contributed by atoms with E-state index in [4.69, 9.17) is 14.5 Å². The maximum atomic E-state index is 9.97. The molecule has 0 saturated carbocycles. The maximum Gasteiger partial charge on any atom is 0.223 e. The molecule has 0 bridgehead atoms. The van der Waals surface area contributed by atoms with E-state index in [2.05, 4.69) is 20.5 Å². The molecule has 4 heterocycles. The van der Waals surface area contributed by atoms with Gasteiger partial charge in [0, 0.05) is 49.7 Å². The SMILES string of the molecule is COc1ccc([C@H](c2nnc3cc(-c4ccnc(NC5CCOCC5)n4)ccn23)[C@H](C)CO)cc1. The Bertz CT molecular complexity index is 1270. The standard InChI is InChI=1S/C26H30N6O3/c1-17(16-33)24(18-3-5-21(34-2)6-4-18)25-31-30-23-15-19(8-12-32(23)25)22-7-11-27-26(29-22)28-20-9-13-35-14-10-20/h3-8,11-12,15,17,20,24,33H,9-10,13-14,16H2,1-2H3,(H,27,28,29)/t17-,24-/m1/s1. The first-order chi connectivity index (χ1) is 17.2. The lowest BCUT2D eigenvalue weighted by molar-refractivity contribution is 0.0903. The summed E-state index contributed by atoms with van der Waals surface area (Å²) in [5.41, 5.74) is 3.52. The molecule has 5 rings (SSSR count). The first kappa shape index (κ1) is 23.2. The van der Waals surface area contributed by atoms with Gasteiger partial charge in [0.25, 0.3) is 0 Å². The van der Waals surface area contributed by atoms with Crippen molar-refractivity contribution < 1.29 is 14.6 Å². The van der Waals surface area contributed by atoms with Crippen molar-refractivity contribution in [2.24, 2.45) is 5.92 Å². The van der Waals surface area contributed by atoms with E-state index in [1.807, 2.05) is 60.0 Å². The van der Waals surface area contributed by atoms with Crippen molar-refractivity contribution in [2.75, 3.05) is 32.2 Å². The van der Waals surface area contributed by atoms with Gasteiger partial charge in [0.05, 0.1) is 12.8 Å². The van der Waals surface area contributed by atoms with E-state index >= 15 is 0 Å². The number of ether oxygens (including phenoxy) is 2. The van der Waals surface area contributed by atoms with Gasteiger partial charge in [-0.3, -0.25) is 4.40 Å². The molecule has 35 heavy (non-hydrogen) atoms. The minimum Gasteiger partial charge on any atom is -0.497 e. The molecule has 0 unspecified atom stereocenters. The van der Waals surface area contributed by atoms with Gasteiger partial charge in [-0.25, -0.2) is 9.97 Å². The van der Waals surface area contributed by atoms with Crippen LogP contribution in [-0.2, 0) is 4.74 Å². The fourth-order valence-electron chi connectivity index (χ4n) is 4.54. The van der Waals surface area contributed by atoms with Gasteiger partial charge in [-0.1, -0.05) is 19.1 Å². The number of aliphatic hydroxyl groups excluding tert-OH is 1. The number of methoxy groups -OCH3 is 1. The number of hydrogen-bond donors (Lipinski definition) is 2. The highest BCUT2D eigenvalue weighted by Crippen LogP contribution is 2.33. The normalized spacial score (nSPS) is 16.2. The number of aliphatic hydroxyl groups is 1. The highest BCUT2D eigenvalue weighted by atomic mass is 16.5. The van der Waals surface area contributed by atoms with Crippen molar-refractivity contribution in [2.45, 2.75) is 31.7 Å². The van der Waals surface area contributed by atoms with E-state index < -0.39 is 0 Å². The molecular formula is C26H30N6O3. The van der Waals surface area contributed by atoms with Crippen LogP contribution in [0.4, 0.5) is 5.95 Å². The van der Waals surface area contributed by atoms with Crippen LogP contribution < -0.4 is 10.1 Å². The van der Waals surface area contributed by atoms with Gasteiger partial charge >= 0.3 is 0 Å². The topological polar surface area (TPSA) is 107 Å². The highest BCUT2D eigenvalue weighted by molar-refractivity contribution is 5.64. The van der Waals surface area contributed by atoms with E-state index in [-0.39, 0.29) is 18.4 Å². The highest BCUT2D eigenvalue weighted by Gasteiger charge is 2.26. The lowest BCUT2D eigenvalue weighted by Crippen LogP contribution is -2.28. The quantitative estimate of drug-likeness (QED) is 0.399. The first-order valence-corrected chi connectivity index (χ1v) is 11.9. The summed E-state index contributed by atoms with van der Waals surface area (Å²) in [6, 6.07) is 14.1. The average molecular weight is 475 g/mol. The van der Waals surface area contributed by atoms with E-state index in [0.29, 0.717) is 12.0 Å². The van der Waals surface area contributed by atoms with Gasteiger partial charge in [-0.05, 0) is 54.7 Å². The third kappa shape index (κ3) is 4.96. The molecule has 0 aliphatic carbocycles. The first-order valence-electron chi connectivity index (χ1n) is 11.9. The molecule has 9 heteroatoms. The summed E-state index contributed by atoms with van der Waals surface area (Å²) < 4.78 is 12.7. The second-order valence-corrected chi connectivity index (χ2v) is 8.91. The predicted molar refractivity (Wildman–Crippen MR) is 133 cm³/mol. The molecule has 2 atom stereocenters. The number of fused-ring (bicyclic) bond motifs is 1. The summed E-state index contributed by atoms with van der Waals surface area (Å²) in [6.07, 6.45) is 5.63. The Morgan fingerprint density at radius 1 is 1.14 bits per heavy atom. The molecular weight excluding hydrogens is 444 g/mol. The van der Waals surface area contributed by atoms with Crippen molar-refractivity contribution in [3.05, 3.63) is 66.2 Å². The fraction of sp³-hybridized carbons (Fsp3) is 0.385. The summed E-state index contributed by atoms with van der Waals surface area (Å²) in [6.45, 7) is 3.57. The van der Waals surface area contributed by atoms with Crippen LogP contribution in [0.1, 0.15) is 37.1 Å². The van der Waals surface area contributed by atoms with Crippen LogP contribution in [0.15, 0.2) is 54.9 Å². The third-order valence-electron chi connectivity index (χ3n) is 6.55. The van der Waals surface area contributed by atoms with E-state index in [1.54, 1.807) is 13.3 Å². The summed E-state index contributed by atoms with van der Waals surface area (Å²) >= 11 is 0. The number of nitrogens with zero attached hydrogens (tertiary/aromatic N) is 5. The van der Waals surface area contributed by atoms with Crippen LogP contribution in [0.5, 0.6) is 5.75 Å². The Labute approximate surface area is 204 Å². The molecule has 1 aliphatic heterocycles. The van der Waals surface area contributed by atoms with Gasteiger partial charge in [0.2, 0.25) is 5.95 Å². The largest absolute Gasteiger partial charge is 0.497 e. The van der Waals surface area contributed by atoms with Crippen molar-refractivity contribution in [1.29, 1.82) is 0 Å². The Balaban J connectivity index is 1.44. The van der Waals surface area contributed by atoms with Crippen LogP contribution in [-0.4, -0.2) is 62.6 Å². The summed E-state index contributed by atoms with van der Waals surface area (Å²) in [4.78, 5) is 9.12. The zero-order chi connectivity index (χ0) is 24.2. The Morgan fingerprint density at radius 3 is 2.69 bits per heavy atom. The fourth-order valence-corrected chi connectivity index (χ4v) is 4.54. The Hall–Kier alpha value is -3.56. The van der Waals surface area contributed by atoms with E-state index in [1.165, 1.54) is 0 Å². The minimum absolute atomic E-state index is 0.0352. The Morgan fingerprint density at radius 2 is 1.94 bits per heavy atom. The molecule has 2 N–H and O–H groups in total. The number of rotatable bonds is 8. The molecule has 0 amide bonds. The van der Waals surface area contributed by atoms with Gasteiger partial charge in [0.15, 0.2) is 5.65 Å². The molecule has 9 nitrogen and oxygen atoms in total. The predicted octanol–water partition coefficient (Wildman–Crippen LogP) is 3.55. The van der Waals surface area contributed by atoms with E-state index in [9.17, 15) is 5.11 Å². The van der Waals surface area contributed by atoms with Crippen molar-refractivity contribution in [1.82, 2.24) is 24.6 Å². The molecule has 1 aromatic carbocycles. The zero-order valence-electron chi connectivity index (χ0n) is 20.0. The van der Waals surface area contributed by atoms with Crippen LogP contribution in [0.2, 0.25) is 0 Å². The number of anilines is 1. The zero-order valence-corrected chi connectivity index (χ0v) is 20.0. The molecule has 3 aromatic heterocycles. The Kier molecular flexibility index (Phi) is 6.87. The van der Waals surface area contributed by atoms with Gasteiger partial charge in [0.1, 0.15) is 11.6 Å². The minimum atomic E-state index is -0.124. The number of hydrogen-bond acceptors (Lipinski definition) is 8. The van der Waals surface area contributed by atoms with Crippen molar-refractivity contribution >= 4 is 11.6 Å². The van der Waals surface area contributed by atoms with Crippen LogP contribution in [0.3, 0.4) is 0 Å². The van der Waals surface area contributed by atoms with Crippen molar-refractivity contribution in [3.63, 3.8) is 0 Å². The molecule has 182 valence electrons. The van der Waals surface area contributed by atoms with Crippen LogP contribution in [0, 0.1) is 5.92 Å². The molecule has 0 radical (unpaired) electrons. The van der Waals surface area contributed by atoms with Crippen LogP contribution in [0.25, 0.3) is 16.9 Å². The number of nitrogens with one attached hydrogen (secondary N) is 1. The van der Waals surface area contributed by atoms with Gasteiger partial charge in [-0.15, -0.1) is 10.2 Å². The number of aromatic nitrogens is 5. The van der Waals surface area contributed by atoms with E-state index in [0.717, 1.165) is 60.1 Å². The third-order valence-corrected chi connectivity index (χ3v) is 6.55. The monoisotopic (exact) mass is 474 g/mol. The second kappa shape index (κ2) is 10.4. The van der Waals surface area contributed by atoms with Crippen molar-refractivity contribution in [3.8, 4) is 17.0 Å². The summed E-state index contributed by atoms with van der Waals surface area (Å²) in [5, 5.41) is 22.4. The van der Waals surface area contributed by atoms with Gasteiger partial charge < -0.3 is 19.9 Å². The molecule has 1 fully saturated rings. The molecule has 0 spiro atoms. The molecule has 1 saturated heterocycles. The second-order valence-electron chi connectivity index (χ2n) is 8.91. The van der Waals surface area contributed by atoms with Crippen LogP contribution >= 0.6 is 0 Å². The molecule has 4 aromatic rings. The number of benzene rings is 1. The summed E-state index contributed by atoms with van der Waals surface area (Å²) in [5.74, 6) is 2.02. The average Bonchev–Trinajstić information content (AvgIpc) is 3.32. The maximum absolute atomic E-state index is 9.97. The van der Waals surface area contributed by atoms with Gasteiger partial charge in [-0.2, -0.15) is 0 Å². The lowest BCUT2D eigenvalue weighted by atomic mass is 9.87.